The van der Waals surface area contributed by atoms with E-state index in [1.807, 2.05) is 0 Å². The second-order valence-electron chi connectivity index (χ2n) is 6.05. The molecule has 20 heavy (non-hydrogen) atoms. The van der Waals surface area contributed by atoms with E-state index in [0.29, 0.717) is 22.5 Å². The molecule has 0 atom stereocenters. The molecule has 0 saturated carbocycles. The summed E-state index contributed by atoms with van der Waals surface area (Å²) in [5, 5.41) is 4.63. The fraction of sp³-hybridized carbons (Fsp3) is 0.385. The van der Waals surface area contributed by atoms with Crippen molar-refractivity contribution in [2.75, 3.05) is 5.75 Å². The van der Waals surface area contributed by atoms with Gasteiger partial charge in [-0.3, -0.25) is 4.79 Å². The summed E-state index contributed by atoms with van der Waals surface area (Å²) in [6.45, 7) is 6.42. The quantitative estimate of drug-likeness (QED) is 0.628. The second kappa shape index (κ2) is 5.14. The number of benzene rings is 1. The highest BCUT2D eigenvalue weighted by molar-refractivity contribution is 7.90. The molecule has 0 aliphatic rings. The molecule has 0 unspecified atom stereocenters. The first kappa shape index (κ1) is 14.9. The molecule has 1 aromatic carbocycles. The maximum absolute atomic E-state index is 12.4. The van der Waals surface area contributed by atoms with Crippen molar-refractivity contribution < 1.29 is 13.2 Å². The summed E-state index contributed by atoms with van der Waals surface area (Å²) in [5.41, 5.74) is 1.03. The van der Waals surface area contributed by atoms with Crippen molar-refractivity contribution in [1.29, 1.82) is 0 Å². The number of hydrogen-bond donors (Lipinski definition) is 0. The number of aromatic nitrogens is 2. The molecule has 5 nitrogen and oxygen atoms in total. The van der Waals surface area contributed by atoms with Gasteiger partial charge >= 0.3 is 0 Å². The number of carbonyl (C=O) groups excluding carboxylic acids is 1. The first-order valence-electron chi connectivity index (χ1n) is 6.39. The van der Waals surface area contributed by atoms with E-state index in [9.17, 15) is 13.2 Å². The average Bonchev–Trinajstić information content (AvgIpc) is 2.79. The maximum Gasteiger partial charge on any atom is 0.254 e. The Hall–Kier alpha value is -1.47. The minimum absolute atomic E-state index is 0.106. The van der Waals surface area contributed by atoms with Crippen LogP contribution in [0.4, 0.5) is 0 Å². The van der Waals surface area contributed by atoms with Gasteiger partial charge in [0.05, 0.1) is 17.5 Å². The summed E-state index contributed by atoms with van der Waals surface area (Å²) in [5.74, 6) is 0.106. The fourth-order valence-electron chi connectivity index (χ4n) is 1.84. The van der Waals surface area contributed by atoms with E-state index in [1.165, 1.54) is 6.20 Å². The number of nitrogens with zero attached hydrogens (tertiary/aromatic N) is 2. The molecule has 0 aliphatic heterocycles. The predicted molar refractivity (Wildman–Crippen MR) is 82.5 cm³/mol. The third-order valence-electron chi connectivity index (χ3n) is 3.07. The highest BCUT2D eigenvalue weighted by atomic mass is 32.2. The van der Waals surface area contributed by atoms with Gasteiger partial charge < -0.3 is 0 Å². The van der Waals surface area contributed by atoms with Crippen LogP contribution in [0.3, 0.4) is 0 Å². The van der Waals surface area contributed by atoms with Gasteiger partial charge in [0.15, 0.2) is 0 Å². The second-order valence-corrected chi connectivity index (χ2v) is 13.6. The monoisotopic (exact) mass is 310 g/mol. The van der Waals surface area contributed by atoms with Crippen LogP contribution in [0.1, 0.15) is 10.4 Å². The van der Waals surface area contributed by atoms with Gasteiger partial charge in [0, 0.05) is 19.0 Å². The van der Waals surface area contributed by atoms with Gasteiger partial charge in [-0.05, 0) is 24.2 Å². The molecular weight excluding hydrogens is 292 g/mol. The van der Waals surface area contributed by atoms with Crippen molar-refractivity contribution in [2.24, 2.45) is 0 Å². The molecule has 0 aliphatic carbocycles. The Morgan fingerprint density at radius 2 is 2.00 bits per heavy atom. The number of rotatable bonds is 5. The van der Waals surface area contributed by atoms with Gasteiger partial charge in [0.2, 0.25) is 0 Å². The molecule has 0 saturated heterocycles. The average molecular weight is 310 g/mol. The zero-order valence-corrected chi connectivity index (χ0v) is 13.6. The number of hydrogen-bond acceptors (Lipinski definition) is 4. The van der Waals surface area contributed by atoms with Crippen molar-refractivity contribution in [2.45, 2.75) is 25.7 Å². The number of fused-ring (bicyclic) bond motifs is 1. The third-order valence-corrected chi connectivity index (χ3v) is 6.72. The Balaban J connectivity index is 2.40. The van der Waals surface area contributed by atoms with Gasteiger partial charge in [-0.25, -0.2) is 8.42 Å². The molecule has 0 radical (unpaired) electrons. The van der Waals surface area contributed by atoms with Crippen molar-refractivity contribution in [3.05, 3.63) is 30.0 Å². The molecule has 0 bridgehead atoms. The molecule has 0 fully saturated rings. The Bertz CT molecular complexity index is 745. The molecule has 0 spiro atoms. The first-order chi connectivity index (χ1) is 9.23. The lowest BCUT2D eigenvalue weighted by molar-refractivity contribution is 0.112. The lowest BCUT2D eigenvalue weighted by Crippen LogP contribution is -2.27. The minimum Gasteiger partial charge on any atom is -0.298 e. The molecule has 1 aromatic heterocycles. The Kier molecular flexibility index (Phi) is 3.83. The van der Waals surface area contributed by atoms with E-state index in [2.05, 4.69) is 24.7 Å². The SMILES string of the molecule is C[Si](C)(C)CCS(=O)(=O)n1ncc2cc(C=O)ccc21. The van der Waals surface area contributed by atoms with Crippen LogP contribution in [-0.2, 0) is 10.0 Å². The molecule has 0 amide bonds. The molecule has 108 valence electrons. The zero-order valence-electron chi connectivity index (χ0n) is 11.8. The minimum atomic E-state index is -3.44. The van der Waals surface area contributed by atoms with Gasteiger partial charge in [-0.15, -0.1) is 0 Å². The molecule has 7 heteroatoms. The summed E-state index contributed by atoms with van der Waals surface area (Å²) in [4.78, 5) is 10.7. The zero-order chi connectivity index (χ0) is 15.0. The summed E-state index contributed by atoms with van der Waals surface area (Å²) in [6.07, 6.45) is 2.21. The lowest BCUT2D eigenvalue weighted by Gasteiger charge is -2.15. The first-order valence-corrected chi connectivity index (χ1v) is 11.7. The van der Waals surface area contributed by atoms with Gasteiger partial charge in [0.25, 0.3) is 10.0 Å². The van der Waals surface area contributed by atoms with Crippen LogP contribution in [0.15, 0.2) is 24.4 Å². The van der Waals surface area contributed by atoms with E-state index in [0.717, 1.165) is 10.4 Å². The topological polar surface area (TPSA) is 69.0 Å². The summed E-state index contributed by atoms with van der Waals surface area (Å²) < 4.78 is 25.8. The fourth-order valence-corrected chi connectivity index (χ4v) is 6.16. The van der Waals surface area contributed by atoms with Crippen molar-refractivity contribution >= 4 is 35.3 Å². The van der Waals surface area contributed by atoms with Crippen LogP contribution in [-0.4, -0.2) is 37.7 Å². The normalized spacial score (nSPS) is 12.8. The lowest BCUT2D eigenvalue weighted by atomic mass is 10.2. The Morgan fingerprint density at radius 3 is 2.60 bits per heavy atom. The molecular formula is C13H18N2O3SSi. The van der Waals surface area contributed by atoms with Gasteiger partial charge in [-0.2, -0.15) is 9.19 Å². The Morgan fingerprint density at radius 1 is 1.30 bits per heavy atom. The highest BCUT2D eigenvalue weighted by Gasteiger charge is 2.22. The highest BCUT2D eigenvalue weighted by Crippen LogP contribution is 2.18. The number of carbonyl (C=O) groups is 1. The summed E-state index contributed by atoms with van der Waals surface area (Å²) in [7, 11) is -4.87. The number of aldehydes is 1. The van der Waals surface area contributed by atoms with Crippen LogP contribution in [0, 0.1) is 0 Å². The van der Waals surface area contributed by atoms with Gasteiger partial charge in [0.1, 0.15) is 6.29 Å². The third kappa shape index (κ3) is 3.16. The van der Waals surface area contributed by atoms with Crippen molar-refractivity contribution in [1.82, 2.24) is 9.19 Å². The Labute approximate surface area is 119 Å². The molecule has 2 aromatic rings. The van der Waals surface area contributed by atoms with E-state index < -0.39 is 18.1 Å². The van der Waals surface area contributed by atoms with E-state index in [1.54, 1.807) is 18.2 Å². The van der Waals surface area contributed by atoms with E-state index in [4.69, 9.17) is 0 Å². The molecule has 1 heterocycles. The van der Waals surface area contributed by atoms with Crippen LogP contribution >= 0.6 is 0 Å². The van der Waals surface area contributed by atoms with E-state index in [-0.39, 0.29) is 5.75 Å². The maximum atomic E-state index is 12.4. The molecule has 2 rings (SSSR count). The van der Waals surface area contributed by atoms with Gasteiger partial charge in [-0.1, -0.05) is 19.6 Å². The standard InChI is InChI=1S/C13H18N2O3SSi/c1-20(2,3)7-6-19(17,18)15-13-5-4-11(10-16)8-12(13)9-14-15/h4-5,8-10H,6-7H2,1-3H3. The summed E-state index contributed by atoms with van der Waals surface area (Å²) >= 11 is 0. The van der Waals surface area contributed by atoms with Crippen molar-refractivity contribution in [3.8, 4) is 0 Å². The van der Waals surface area contributed by atoms with Crippen LogP contribution in [0.5, 0.6) is 0 Å². The molecule has 0 N–H and O–H groups in total. The smallest absolute Gasteiger partial charge is 0.254 e. The van der Waals surface area contributed by atoms with Crippen molar-refractivity contribution in [3.63, 3.8) is 0 Å². The largest absolute Gasteiger partial charge is 0.298 e. The van der Waals surface area contributed by atoms with Crippen LogP contribution in [0.25, 0.3) is 10.9 Å². The van der Waals surface area contributed by atoms with Crippen LogP contribution in [0.2, 0.25) is 25.7 Å². The van der Waals surface area contributed by atoms with Crippen LogP contribution < -0.4 is 0 Å². The van der Waals surface area contributed by atoms with E-state index >= 15 is 0 Å². The summed E-state index contributed by atoms with van der Waals surface area (Å²) in [6, 6.07) is 5.56. The predicted octanol–water partition coefficient (Wildman–Crippen LogP) is 2.36.